The predicted molar refractivity (Wildman–Crippen MR) is 119 cm³/mol. The van der Waals surface area contributed by atoms with Gasteiger partial charge in [0.25, 0.3) is 0 Å². The van der Waals surface area contributed by atoms with Crippen molar-refractivity contribution in [2.45, 2.75) is 52.4 Å². The first kappa shape index (κ1) is 20.9. The van der Waals surface area contributed by atoms with Gasteiger partial charge in [-0.25, -0.2) is 4.68 Å². The number of aryl methyl sites for hydroxylation is 1. The number of aromatic nitrogens is 6. The normalized spacial score (nSPS) is 21.3. The zero-order valence-corrected chi connectivity index (χ0v) is 19.0. The minimum absolute atomic E-state index is 0.298. The summed E-state index contributed by atoms with van der Waals surface area (Å²) in [5.74, 6) is 4.45. The number of hydrogen-bond acceptors (Lipinski definition) is 8. The number of tetrazole rings is 1. The van der Waals surface area contributed by atoms with Crippen LogP contribution in [0.5, 0.6) is 5.75 Å². The van der Waals surface area contributed by atoms with Crippen LogP contribution in [0.15, 0.2) is 29.0 Å². The minimum atomic E-state index is 0.298. The Morgan fingerprint density at radius 2 is 2.06 bits per heavy atom. The second kappa shape index (κ2) is 8.88. The molecule has 32 heavy (non-hydrogen) atoms. The molecule has 1 saturated carbocycles. The van der Waals surface area contributed by atoms with E-state index in [4.69, 9.17) is 9.26 Å². The van der Waals surface area contributed by atoms with Gasteiger partial charge < -0.3 is 14.2 Å². The van der Waals surface area contributed by atoms with Crippen molar-refractivity contribution in [3.63, 3.8) is 0 Å². The van der Waals surface area contributed by atoms with Gasteiger partial charge >= 0.3 is 6.01 Å². The molecule has 2 aromatic heterocycles. The highest BCUT2D eigenvalue weighted by atomic mass is 16.5. The monoisotopic (exact) mass is 437 g/mol. The zero-order valence-electron chi connectivity index (χ0n) is 19.0. The van der Waals surface area contributed by atoms with Crippen molar-refractivity contribution in [1.82, 2.24) is 30.3 Å². The van der Waals surface area contributed by atoms with Crippen molar-refractivity contribution in [2.24, 2.45) is 17.8 Å². The highest BCUT2D eigenvalue weighted by Crippen LogP contribution is 2.50. The number of ether oxygens (including phenoxy) is 1. The van der Waals surface area contributed by atoms with E-state index in [1.807, 2.05) is 19.1 Å². The number of rotatable bonds is 8. The van der Waals surface area contributed by atoms with E-state index in [0.29, 0.717) is 11.9 Å². The van der Waals surface area contributed by atoms with Crippen LogP contribution in [0.4, 0.5) is 6.01 Å². The first-order valence-corrected chi connectivity index (χ1v) is 11.6. The van der Waals surface area contributed by atoms with Crippen LogP contribution in [0, 0.1) is 24.7 Å². The molecule has 1 aliphatic heterocycles. The van der Waals surface area contributed by atoms with Crippen LogP contribution < -0.4 is 9.64 Å². The average molecular weight is 438 g/mol. The molecule has 5 rings (SSSR count). The van der Waals surface area contributed by atoms with E-state index in [9.17, 15) is 0 Å². The van der Waals surface area contributed by atoms with Crippen LogP contribution in [0.1, 0.15) is 56.8 Å². The van der Waals surface area contributed by atoms with Gasteiger partial charge in [-0.05, 0) is 84.6 Å². The van der Waals surface area contributed by atoms with Crippen molar-refractivity contribution < 1.29 is 9.26 Å². The Labute approximate surface area is 188 Å². The van der Waals surface area contributed by atoms with Crippen molar-refractivity contribution in [1.29, 1.82) is 0 Å². The van der Waals surface area contributed by atoms with E-state index in [1.54, 1.807) is 11.0 Å². The maximum atomic E-state index is 6.05. The molecule has 9 nitrogen and oxygen atoms in total. The molecule has 1 aromatic carbocycles. The van der Waals surface area contributed by atoms with Crippen molar-refractivity contribution in [3.05, 3.63) is 35.9 Å². The van der Waals surface area contributed by atoms with Crippen molar-refractivity contribution in [2.75, 3.05) is 24.6 Å². The molecular formula is C23H31N7O2. The molecule has 0 spiro atoms. The number of nitrogens with zero attached hydrogens (tertiary/aromatic N) is 7. The first-order chi connectivity index (χ1) is 15.6. The van der Waals surface area contributed by atoms with Gasteiger partial charge in [0.15, 0.2) is 5.82 Å². The van der Waals surface area contributed by atoms with Crippen LogP contribution in [0.25, 0.3) is 5.69 Å². The number of piperidine rings is 1. The maximum absolute atomic E-state index is 6.05. The van der Waals surface area contributed by atoms with Gasteiger partial charge in [-0.3, -0.25) is 0 Å². The molecule has 0 amide bonds. The van der Waals surface area contributed by atoms with Crippen LogP contribution >= 0.6 is 0 Å². The summed E-state index contributed by atoms with van der Waals surface area (Å²) >= 11 is 0. The van der Waals surface area contributed by atoms with Crippen LogP contribution in [0.3, 0.4) is 0 Å². The minimum Gasteiger partial charge on any atom is -0.494 e. The third-order valence-electron chi connectivity index (χ3n) is 6.86. The van der Waals surface area contributed by atoms with Crippen molar-refractivity contribution in [3.8, 4) is 11.4 Å². The van der Waals surface area contributed by atoms with Crippen LogP contribution in [0.2, 0.25) is 0 Å². The van der Waals surface area contributed by atoms with Crippen LogP contribution in [-0.2, 0) is 0 Å². The molecule has 9 heteroatoms. The number of benzene rings is 1. The van der Waals surface area contributed by atoms with Gasteiger partial charge in [-0.2, -0.15) is 4.98 Å². The fourth-order valence-corrected chi connectivity index (χ4v) is 4.86. The van der Waals surface area contributed by atoms with Gasteiger partial charge in [-0.1, -0.05) is 19.0 Å². The second-order valence-electron chi connectivity index (χ2n) is 9.41. The third kappa shape index (κ3) is 4.47. The van der Waals surface area contributed by atoms with Gasteiger partial charge in [0.2, 0.25) is 0 Å². The molecule has 170 valence electrons. The lowest BCUT2D eigenvalue weighted by molar-refractivity contribution is 0.282. The van der Waals surface area contributed by atoms with Gasteiger partial charge in [0, 0.05) is 19.0 Å². The van der Waals surface area contributed by atoms with E-state index < -0.39 is 0 Å². The van der Waals surface area contributed by atoms with Gasteiger partial charge in [-0.15, -0.1) is 5.10 Å². The van der Waals surface area contributed by atoms with E-state index in [1.165, 1.54) is 19.3 Å². The predicted octanol–water partition coefficient (Wildman–Crippen LogP) is 3.80. The van der Waals surface area contributed by atoms with E-state index in [2.05, 4.69) is 50.5 Å². The summed E-state index contributed by atoms with van der Waals surface area (Å²) in [7, 11) is 0. The summed E-state index contributed by atoms with van der Waals surface area (Å²) in [5, 5.41) is 15.4. The molecular weight excluding hydrogens is 406 g/mol. The number of anilines is 1. The lowest BCUT2D eigenvalue weighted by atomic mass is 9.90. The number of hydrogen-bond donors (Lipinski definition) is 0. The summed E-state index contributed by atoms with van der Waals surface area (Å²) in [6.45, 7) is 9.01. The smallest absolute Gasteiger partial charge is 0.324 e. The Bertz CT molecular complexity index is 1020. The highest BCUT2D eigenvalue weighted by Gasteiger charge is 2.43. The van der Waals surface area contributed by atoms with Gasteiger partial charge in [0.1, 0.15) is 12.1 Å². The topological polar surface area (TPSA) is 95.0 Å². The molecule has 0 unspecified atom stereocenters. The van der Waals surface area contributed by atoms with E-state index >= 15 is 0 Å². The molecule has 0 radical (unpaired) electrons. The van der Waals surface area contributed by atoms with E-state index in [-0.39, 0.29) is 0 Å². The Morgan fingerprint density at radius 3 is 2.75 bits per heavy atom. The molecule has 3 aromatic rings. The summed E-state index contributed by atoms with van der Waals surface area (Å²) in [5.41, 5.74) is 2.06. The Balaban J connectivity index is 1.05. The first-order valence-electron chi connectivity index (χ1n) is 11.6. The summed E-state index contributed by atoms with van der Waals surface area (Å²) < 4.78 is 13.2. The standard InChI is InChI=1S/C23H31N7O2/c1-15(2)22-25-23(32-26-22)29-9-6-17(7-10-29)20-13-18(20)8-11-31-19-4-5-21(16(3)12-19)30-14-24-27-28-30/h4-5,12,14-15,17-18,20H,6-11,13H2,1-3H3/t18-,20-/m1/s1. The summed E-state index contributed by atoms with van der Waals surface area (Å²) in [6.07, 6.45) is 6.48. The molecule has 3 heterocycles. The SMILES string of the molecule is Cc1cc(OCC[C@@H]2C[C@@H]2C2CCN(c3nc(C(C)C)no3)CC2)ccc1-n1cnnn1. The Morgan fingerprint density at radius 1 is 1.22 bits per heavy atom. The highest BCUT2D eigenvalue weighted by molar-refractivity contribution is 5.44. The molecule has 1 aliphatic carbocycles. The quantitative estimate of drug-likeness (QED) is 0.525. The molecule has 2 fully saturated rings. The third-order valence-corrected chi connectivity index (χ3v) is 6.86. The fraction of sp³-hybridized carbons (Fsp3) is 0.609. The Kier molecular flexibility index (Phi) is 5.80. The molecule has 1 saturated heterocycles. The summed E-state index contributed by atoms with van der Waals surface area (Å²) in [6, 6.07) is 6.74. The summed E-state index contributed by atoms with van der Waals surface area (Å²) in [4.78, 5) is 6.80. The lowest BCUT2D eigenvalue weighted by Gasteiger charge is -2.30. The molecule has 0 N–H and O–H groups in total. The largest absolute Gasteiger partial charge is 0.494 e. The maximum Gasteiger partial charge on any atom is 0.324 e. The second-order valence-corrected chi connectivity index (χ2v) is 9.41. The van der Waals surface area contributed by atoms with Crippen LogP contribution in [-0.4, -0.2) is 50.0 Å². The zero-order chi connectivity index (χ0) is 22.1. The molecule has 2 atom stereocenters. The van der Waals surface area contributed by atoms with Crippen molar-refractivity contribution >= 4 is 6.01 Å². The average Bonchev–Trinajstić information content (AvgIpc) is 3.18. The Hall–Kier alpha value is -2.97. The molecule has 2 aliphatic rings. The van der Waals surface area contributed by atoms with Gasteiger partial charge in [0.05, 0.1) is 12.3 Å². The molecule has 0 bridgehead atoms. The fourth-order valence-electron chi connectivity index (χ4n) is 4.86. The van der Waals surface area contributed by atoms with E-state index in [0.717, 1.165) is 66.7 Å². The lowest BCUT2D eigenvalue weighted by Crippen LogP contribution is -2.34.